The number of amides is 1. The van der Waals surface area contributed by atoms with Crippen molar-refractivity contribution in [3.05, 3.63) is 70.5 Å². The van der Waals surface area contributed by atoms with Gasteiger partial charge >= 0.3 is 5.97 Å². The summed E-state index contributed by atoms with van der Waals surface area (Å²) >= 11 is 0. The average molecular weight is 426 g/mol. The van der Waals surface area contributed by atoms with Gasteiger partial charge in [0, 0.05) is 18.3 Å². The van der Waals surface area contributed by atoms with Crippen LogP contribution in [0.4, 0.5) is 11.4 Å². The number of nitro benzene ring substituents is 1. The zero-order valence-corrected chi connectivity index (χ0v) is 16.3. The molecule has 3 rings (SSSR count). The molecule has 2 N–H and O–H groups in total. The average Bonchev–Trinajstić information content (AvgIpc) is 3.22. The first-order valence-electron chi connectivity index (χ1n) is 9.01. The number of methoxy groups -OCH3 is 1. The maximum Gasteiger partial charge on any atom is 0.305 e. The fourth-order valence-electron chi connectivity index (χ4n) is 2.62. The second kappa shape index (κ2) is 9.39. The molecule has 0 aliphatic heterocycles. The van der Waals surface area contributed by atoms with Gasteiger partial charge in [-0.25, -0.2) is 0 Å². The third-order valence-electron chi connectivity index (χ3n) is 4.11. The minimum atomic E-state index is -0.984. The number of nitro groups is 1. The van der Waals surface area contributed by atoms with Crippen LogP contribution in [0.25, 0.3) is 0 Å². The number of aromatic nitrogens is 2. The molecular formula is C20H18N4O7. The fourth-order valence-corrected chi connectivity index (χ4v) is 2.62. The number of aryl methyl sites for hydroxylation is 1. The van der Waals surface area contributed by atoms with Crippen LogP contribution in [-0.2, 0) is 11.3 Å². The number of anilines is 1. The van der Waals surface area contributed by atoms with Gasteiger partial charge in [0.1, 0.15) is 17.2 Å². The van der Waals surface area contributed by atoms with E-state index in [-0.39, 0.29) is 35.7 Å². The first-order valence-corrected chi connectivity index (χ1v) is 9.01. The summed E-state index contributed by atoms with van der Waals surface area (Å²) in [6.07, 6.45) is 2.54. The van der Waals surface area contributed by atoms with Crippen molar-refractivity contribution in [2.24, 2.45) is 0 Å². The Balaban J connectivity index is 1.77. The topological polar surface area (TPSA) is 146 Å². The smallest absolute Gasteiger partial charge is 0.305 e. The molecule has 1 heterocycles. The molecule has 0 radical (unpaired) electrons. The maximum atomic E-state index is 12.5. The van der Waals surface area contributed by atoms with E-state index in [1.54, 1.807) is 24.3 Å². The molecule has 0 spiro atoms. The van der Waals surface area contributed by atoms with Crippen molar-refractivity contribution in [2.75, 3.05) is 12.4 Å². The zero-order valence-electron chi connectivity index (χ0n) is 16.3. The van der Waals surface area contributed by atoms with Crippen molar-refractivity contribution in [1.82, 2.24) is 9.78 Å². The van der Waals surface area contributed by atoms with E-state index >= 15 is 0 Å². The third kappa shape index (κ3) is 5.79. The molecule has 1 amide bonds. The van der Waals surface area contributed by atoms with Crippen molar-refractivity contribution in [3.8, 4) is 17.2 Å². The van der Waals surface area contributed by atoms with Gasteiger partial charge in [0.05, 0.1) is 48.5 Å². The summed E-state index contributed by atoms with van der Waals surface area (Å²) in [6.45, 7) is 0.110. The minimum Gasteiger partial charge on any atom is -0.497 e. The molecule has 3 aromatic rings. The Kier molecular flexibility index (Phi) is 6.45. The number of hydrogen-bond donors (Lipinski definition) is 2. The van der Waals surface area contributed by atoms with Gasteiger partial charge in [-0.1, -0.05) is 0 Å². The van der Waals surface area contributed by atoms with Crippen LogP contribution in [0.3, 0.4) is 0 Å². The van der Waals surface area contributed by atoms with Crippen LogP contribution in [0.15, 0.2) is 54.9 Å². The number of nitrogens with zero attached hydrogens (tertiary/aromatic N) is 3. The van der Waals surface area contributed by atoms with E-state index in [1.165, 1.54) is 42.4 Å². The number of non-ortho nitro benzene ring substituents is 1. The van der Waals surface area contributed by atoms with Crippen LogP contribution in [0, 0.1) is 10.1 Å². The molecule has 0 bridgehead atoms. The second-order valence-corrected chi connectivity index (χ2v) is 6.34. The van der Waals surface area contributed by atoms with Crippen LogP contribution in [0.5, 0.6) is 17.2 Å². The summed E-state index contributed by atoms with van der Waals surface area (Å²) in [5, 5.41) is 26.5. The highest BCUT2D eigenvalue weighted by molar-refractivity contribution is 6.04. The summed E-state index contributed by atoms with van der Waals surface area (Å²) < 4.78 is 12.1. The highest BCUT2D eigenvalue weighted by Gasteiger charge is 2.15. The lowest BCUT2D eigenvalue weighted by molar-refractivity contribution is -0.384. The highest BCUT2D eigenvalue weighted by Crippen LogP contribution is 2.30. The summed E-state index contributed by atoms with van der Waals surface area (Å²) in [6, 6.07) is 10.5. The van der Waals surface area contributed by atoms with Gasteiger partial charge in [0.2, 0.25) is 0 Å². The van der Waals surface area contributed by atoms with E-state index in [0.29, 0.717) is 11.5 Å². The Bertz CT molecular complexity index is 1110. The highest BCUT2D eigenvalue weighted by atomic mass is 16.6. The Labute approximate surface area is 176 Å². The lowest BCUT2D eigenvalue weighted by atomic mass is 10.2. The quantitative estimate of drug-likeness (QED) is 0.391. The summed E-state index contributed by atoms with van der Waals surface area (Å²) in [7, 11) is 1.53. The molecule has 0 unspecified atom stereocenters. The normalized spacial score (nSPS) is 10.4. The number of hydrogen-bond acceptors (Lipinski definition) is 7. The molecule has 2 aromatic carbocycles. The van der Waals surface area contributed by atoms with Crippen molar-refractivity contribution in [2.45, 2.75) is 13.0 Å². The van der Waals surface area contributed by atoms with E-state index in [0.717, 1.165) is 0 Å². The number of carboxylic acid groups (broad SMARTS) is 1. The van der Waals surface area contributed by atoms with Gasteiger partial charge in [0.15, 0.2) is 0 Å². The van der Waals surface area contributed by atoms with Crippen LogP contribution in [0.1, 0.15) is 16.8 Å². The van der Waals surface area contributed by atoms with Crippen LogP contribution in [0.2, 0.25) is 0 Å². The lowest BCUT2D eigenvalue weighted by Crippen LogP contribution is -2.11. The number of nitrogens with one attached hydrogen (secondary N) is 1. The van der Waals surface area contributed by atoms with E-state index in [2.05, 4.69) is 10.4 Å². The number of aliphatic carboxylic acids is 1. The second-order valence-electron chi connectivity index (χ2n) is 6.34. The molecule has 0 fully saturated rings. The SMILES string of the molecule is COc1ccc(Oc2cc(NC(=O)c3cnn(CCC(=O)O)c3)cc([N+](=O)[O-])c2)cc1. The molecule has 0 saturated heterocycles. The summed E-state index contributed by atoms with van der Waals surface area (Å²) in [5.41, 5.74) is 0.0639. The molecule has 160 valence electrons. The summed E-state index contributed by atoms with van der Waals surface area (Å²) in [5.74, 6) is -0.326. The van der Waals surface area contributed by atoms with Crippen molar-refractivity contribution >= 4 is 23.3 Å². The number of carbonyl (C=O) groups excluding carboxylic acids is 1. The van der Waals surface area contributed by atoms with Gasteiger partial charge in [-0.3, -0.25) is 24.4 Å². The zero-order chi connectivity index (χ0) is 22.4. The van der Waals surface area contributed by atoms with Gasteiger partial charge in [-0.2, -0.15) is 5.10 Å². The molecule has 0 saturated carbocycles. The van der Waals surface area contributed by atoms with E-state index in [4.69, 9.17) is 14.6 Å². The van der Waals surface area contributed by atoms with Gasteiger partial charge < -0.3 is 19.9 Å². The first kappa shape index (κ1) is 21.3. The number of rotatable bonds is 9. The molecule has 0 aliphatic carbocycles. The Morgan fingerprint density at radius 3 is 2.52 bits per heavy atom. The van der Waals surface area contributed by atoms with Crippen molar-refractivity contribution < 1.29 is 29.1 Å². The maximum absolute atomic E-state index is 12.5. The molecule has 11 nitrogen and oxygen atoms in total. The fraction of sp³-hybridized carbons (Fsp3) is 0.150. The molecule has 0 atom stereocenters. The standard InChI is InChI=1S/C20H18N4O7/c1-30-16-2-4-17(5-3-16)31-18-9-14(8-15(10-18)24(28)29)22-20(27)13-11-21-23(12-13)7-6-19(25)26/h2-5,8-12H,6-7H2,1H3,(H,22,27)(H,25,26). The van der Waals surface area contributed by atoms with Gasteiger partial charge in [-0.05, 0) is 24.3 Å². The predicted molar refractivity (Wildman–Crippen MR) is 109 cm³/mol. The molecule has 0 aliphatic rings. The Morgan fingerprint density at radius 2 is 1.87 bits per heavy atom. The van der Waals surface area contributed by atoms with E-state index in [9.17, 15) is 19.7 Å². The third-order valence-corrected chi connectivity index (χ3v) is 4.11. The Morgan fingerprint density at radius 1 is 1.16 bits per heavy atom. The van der Waals surface area contributed by atoms with Crippen LogP contribution < -0.4 is 14.8 Å². The van der Waals surface area contributed by atoms with E-state index < -0.39 is 16.8 Å². The monoisotopic (exact) mass is 426 g/mol. The number of benzene rings is 2. The van der Waals surface area contributed by atoms with Crippen LogP contribution >= 0.6 is 0 Å². The van der Waals surface area contributed by atoms with Crippen LogP contribution in [-0.4, -0.2) is 38.8 Å². The van der Waals surface area contributed by atoms with Gasteiger partial charge in [-0.15, -0.1) is 0 Å². The van der Waals surface area contributed by atoms with E-state index in [1.807, 2.05) is 0 Å². The molecular weight excluding hydrogens is 408 g/mol. The molecule has 11 heteroatoms. The first-order chi connectivity index (χ1) is 14.8. The van der Waals surface area contributed by atoms with Crippen molar-refractivity contribution in [1.29, 1.82) is 0 Å². The number of carboxylic acids is 1. The Hall–Kier alpha value is -4.41. The summed E-state index contributed by atoms with van der Waals surface area (Å²) in [4.78, 5) is 33.8. The number of ether oxygens (including phenoxy) is 2. The predicted octanol–water partition coefficient (Wildman–Crippen LogP) is 3.32. The van der Waals surface area contributed by atoms with Crippen molar-refractivity contribution in [3.63, 3.8) is 0 Å². The lowest BCUT2D eigenvalue weighted by Gasteiger charge is -2.09. The minimum absolute atomic E-state index is 0.110. The molecule has 1 aromatic heterocycles. The molecule has 31 heavy (non-hydrogen) atoms. The van der Waals surface area contributed by atoms with Gasteiger partial charge in [0.25, 0.3) is 11.6 Å². The number of carbonyl (C=O) groups is 2. The largest absolute Gasteiger partial charge is 0.497 e.